The Morgan fingerprint density at radius 3 is 2.21 bits per heavy atom. The van der Waals surface area contributed by atoms with E-state index in [1.807, 2.05) is 0 Å². The van der Waals surface area contributed by atoms with Crippen molar-refractivity contribution in [2.45, 2.75) is 25.7 Å². The van der Waals surface area contributed by atoms with Gasteiger partial charge in [-0.15, -0.1) is 0 Å². The van der Waals surface area contributed by atoms with E-state index in [2.05, 4.69) is 4.72 Å². The largest absolute Gasteiger partial charge is 0.330 e. The summed E-state index contributed by atoms with van der Waals surface area (Å²) in [5.74, 6) is 0. The fourth-order valence-corrected chi connectivity index (χ4v) is 1.61. The number of nitrogens with one attached hydrogen (secondary N) is 1. The predicted molar refractivity (Wildman–Crippen MR) is 58.1 cm³/mol. The second kappa shape index (κ2) is 7.17. The van der Waals surface area contributed by atoms with Crippen molar-refractivity contribution in [3.8, 4) is 0 Å². The van der Waals surface area contributed by atoms with Gasteiger partial charge in [-0.05, 0) is 19.4 Å². The topological polar surface area (TPSA) is 75.4 Å². The zero-order valence-corrected chi connectivity index (χ0v) is 9.81. The van der Waals surface area contributed by atoms with Crippen LogP contribution in [0.4, 0.5) is 0 Å². The summed E-state index contributed by atoms with van der Waals surface area (Å²) in [7, 11) is -0.211. The Morgan fingerprint density at radius 2 is 1.71 bits per heavy atom. The van der Waals surface area contributed by atoms with E-state index in [1.54, 1.807) is 0 Å². The van der Waals surface area contributed by atoms with Crippen LogP contribution in [0, 0.1) is 0 Å². The molecule has 0 aromatic rings. The molecule has 0 heterocycles. The Hall–Kier alpha value is -0.170. The Morgan fingerprint density at radius 1 is 1.14 bits per heavy atom. The molecular formula is C8H21N3O2S. The van der Waals surface area contributed by atoms with Gasteiger partial charge in [0.2, 0.25) is 0 Å². The van der Waals surface area contributed by atoms with Gasteiger partial charge in [0.15, 0.2) is 0 Å². The van der Waals surface area contributed by atoms with Gasteiger partial charge >= 0.3 is 0 Å². The third-order valence-electron chi connectivity index (χ3n) is 1.90. The summed E-state index contributed by atoms with van der Waals surface area (Å²) in [6.45, 7) is 1.22. The lowest BCUT2D eigenvalue weighted by Gasteiger charge is -2.11. The first-order valence-electron chi connectivity index (χ1n) is 4.88. The van der Waals surface area contributed by atoms with E-state index in [1.165, 1.54) is 18.4 Å². The number of rotatable bonds is 8. The first-order valence-corrected chi connectivity index (χ1v) is 6.32. The van der Waals surface area contributed by atoms with Crippen LogP contribution < -0.4 is 10.5 Å². The third kappa shape index (κ3) is 6.31. The van der Waals surface area contributed by atoms with Crippen molar-refractivity contribution in [1.82, 2.24) is 9.03 Å². The molecule has 0 aromatic carbocycles. The van der Waals surface area contributed by atoms with E-state index in [4.69, 9.17) is 5.73 Å². The van der Waals surface area contributed by atoms with E-state index in [0.717, 1.165) is 25.7 Å². The number of hydrogen-bond acceptors (Lipinski definition) is 3. The quantitative estimate of drug-likeness (QED) is 0.564. The summed E-state index contributed by atoms with van der Waals surface area (Å²) in [4.78, 5) is 0. The highest BCUT2D eigenvalue weighted by Gasteiger charge is 2.10. The molecule has 0 radical (unpaired) electrons. The van der Waals surface area contributed by atoms with E-state index < -0.39 is 10.2 Å². The van der Waals surface area contributed by atoms with Crippen molar-refractivity contribution in [3.05, 3.63) is 0 Å². The molecule has 0 atom stereocenters. The third-order valence-corrected chi connectivity index (χ3v) is 3.43. The summed E-state index contributed by atoms with van der Waals surface area (Å²) in [6.07, 6.45) is 3.97. The van der Waals surface area contributed by atoms with Gasteiger partial charge in [-0.25, -0.2) is 4.72 Å². The molecule has 0 fully saturated rings. The summed E-state index contributed by atoms with van der Waals surface area (Å²) in [5.41, 5.74) is 5.33. The SMILES string of the molecule is CN(C)S(=O)(=O)NCCCCCCN. The summed E-state index contributed by atoms with van der Waals surface area (Å²) in [5, 5.41) is 0. The van der Waals surface area contributed by atoms with Gasteiger partial charge in [0.1, 0.15) is 0 Å². The minimum absolute atomic E-state index is 0.505. The Kier molecular flexibility index (Phi) is 7.08. The van der Waals surface area contributed by atoms with Crippen molar-refractivity contribution in [3.63, 3.8) is 0 Å². The molecule has 0 aliphatic rings. The minimum atomic E-state index is -3.23. The van der Waals surface area contributed by atoms with Crippen LogP contribution in [0.1, 0.15) is 25.7 Å². The Labute approximate surface area is 86.8 Å². The fourth-order valence-electron chi connectivity index (χ4n) is 0.953. The summed E-state index contributed by atoms with van der Waals surface area (Å²) >= 11 is 0. The van der Waals surface area contributed by atoms with Crippen molar-refractivity contribution >= 4 is 10.2 Å². The molecule has 6 heteroatoms. The average molecular weight is 223 g/mol. The summed E-state index contributed by atoms with van der Waals surface area (Å²) in [6, 6.07) is 0. The van der Waals surface area contributed by atoms with Crippen molar-refractivity contribution in [2.24, 2.45) is 5.73 Å². The van der Waals surface area contributed by atoms with Crippen molar-refractivity contribution in [1.29, 1.82) is 0 Å². The lowest BCUT2D eigenvalue weighted by molar-refractivity contribution is 0.502. The maximum absolute atomic E-state index is 11.2. The maximum Gasteiger partial charge on any atom is 0.278 e. The van der Waals surface area contributed by atoms with Gasteiger partial charge in [0.25, 0.3) is 10.2 Å². The first kappa shape index (κ1) is 13.8. The molecule has 5 nitrogen and oxygen atoms in total. The number of nitrogens with two attached hydrogens (primary N) is 1. The molecule has 0 unspecified atom stereocenters. The van der Waals surface area contributed by atoms with Gasteiger partial charge < -0.3 is 5.73 Å². The van der Waals surface area contributed by atoms with Gasteiger partial charge in [-0.3, -0.25) is 0 Å². The van der Waals surface area contributed by atoms with Crippen molar-refractivity contribution in [2.75, 3.05) is 27.2 Å². The highest BCUT2D eigenvalue weighted by Crippen LogP contribution is 1.98. The average Bonchev–Trinajstić information content (AvgIpc) is 2.10. The molecule has 0 rings (SSSR count). The summed E-state index contributed by atoms with van der Waals surface area (Å²) < 4.78 is 26.1. The molecular weight excluding hydrogens is 202 g/mol. The van der Waals surface area contributed by atoms with Crippen LogP contribution in [-0.4, -0.2) is 39.9 Å². The normalized spacial score (nSPS) is 12.3. The lowest BCUT2D eigenvalue weighted by atomic mass is 10.2. The van der Waals surface area contributed by atoms with Crippen LogP contribution in [0.2, 0.25) is 0 Å². The Bertz CT molecular complexity index is 227. The van der Waals surface area contributed by atoms with Crippen molar-refractivity contribution < 1.29 is 8.42 Å². The first-order chi connectivity index (χ1) is 6.50. The second-order valence-corrected chi connectivity index (χ2v) is 5.35. The molecule has 0 aliphatic heterocycles. The molecule has 14 heavy (non-hydrogen) atoms. The number of nitrogens with zero attached hydrogens (tertiary/aromatic N) is 1. The highest BCUT2D eigenvalue weighted by atomic mass is 32.2. The lowest BCUT2D eigenvalue weighted by Crippen LogP contribution is -2.36. The number of hydrogen-bond donors (Lipinski definition) is 2. The minimum Gasteiger partial charge on any atom is -0.330 e. The van der Waals surface area contributed by atoms with Gasteiger partial charge in [-0.2, -0.15) is 12.7 Å². The van der Waals surface area contributed by atoms with E-state index in [0.29, 0.717) is 13.1 Å². The second-order valence-electron chi connectivity index (χ2n) is 3.38. The van der Waals surface area contributed by atoms with E-state index >= 15 is 0 Å². The van der Waals surface area contributed by atoms with Gasteiger partial charge in [0.05, 0.1) is 0 Å². The van der Waals surface area contributed by atoms with Crippen LogP contribution in [0.25, 0.3) is 0 Å². The molecule has 0 amide bonds. The number of unbranched alkanes of at least 4 members (excludes halogenated alkanes) is 3. The van der Waals surface area contributed by atoms with Crippen LogP contribution in [0.5, 0.6) is 0 Å². The molecule has 0 saturated heterocycles. The standard InChI is InChI=1S/C8H21N3O2S/c1-11(2)14(12,13)10-8-6-4-3-5-7-9/h10H,3-9H2,1-2H3. The van der Waals surface area contributed by atoms with E-state index in [9.17, 15) is 8.42 Å². The zero-order chi connectivity index (χ0) is 11.0. The fraction of sp³-hybridized carbons (Fsp3) is 1.00. The smallest absolute Gasteiger partial charge is 0.278 e. The Balaban J connectivity index is 3.46. The van der Waals surface area contributed by atoms with Crippen LogP contribution in [0.3, 0.4) is 0 Å². The monoisotopic (exact) mass is 223 g/mol. The van der Waals surface area contributed by atoms with E-state index in [-0.39, 0.29) is 0 Å². The molecule has 0 aromatic heterocycles. The maximum atomic E-state index is 11.2. The molecule has 0 bridgehead atoms. The van der Waals surface area contributed by atoms with Crippen LogP contribution in [0.15, 0.2) is 0 Å². The highest BCUT2D eigenvalue weighted by molar-refractivity contribution is 7.87. The van der Waals surface area contributed by atoms with Gasteiger partial charge in [-0.1, -0.05) is 12.8 Å². The molecule has 86 valence electrons. The zero-order valence-electron chi connectivity index (χ0n) is 8.99. The molecule has 0 aliphatic carbocycles. The van der Waals surface area contributed by atoms with Crippen LogP contribution in [-0.2, 0) is 10.2 Å². The van der Waals surface area contributed by atoms with Crippen LogP contribution >= 0.6 is 0 Å². The predicted octanol–water partition coefficient (Wildman–Crippen LogP) is -0.0985. The molecule has 0 spiro atoms. The molecule has 3 N–H and O–H groups in total. The molecule has 0 saturated carbocycles. The van der Waals surface area contributed by atoms with Gasteiger partial charge in [0, 0.05) is 20.6 Å².